The third-order valence-corrected chi connectivity index (χ3v) is 6.80. The minimum Gasteiger partial charge on any atom is -0.454 e. The number of sulfonamides is 1. The van der Waals surface area contributed by atoms with E-state index in [1.54, 1.807) is 12.3 Å². The molecular weight excluding hydrogens is 408 g/mol. The Bertz CT molecular complexity index is 1190. The van der Waals surface area contributed by atoms with Gasteiger partial charge in [0, 0.05) is 35.8 Å². The van der Waals surface area contributed by atoms with Gasteiger partial charge in [0.2, 0.25) is 15.8 Å². The molecule has 3 aromatic rings. The van der Waals surface area contributed by atoms with E-state index in [2.05, 4.69) is 4.98 Å². The highest BCUT2D eigenvalue weighted by Crippen LogP contribution is 2.20. The number of carbonyl (C=O) groups excluding carboxylic acids is 2. The molecule has 30 heavy (non-hydrogen) atoms. The van der Waals surface area contributed by atoms with Gasteiger partial charge in [0.05, 0.1) is 23.7 Å². The van der Waals surface area contributed by atoms with E-state index in [4.69, 9.17) is 9.47 Å². The van der Waals surface area contributed by atoms with Crippen LogP contribution in [0.5, 0.6) is 0 Å². The van der Waals surface area contributed by atoms with Crippen LogP contribution in [-0.4, -0.2) is 62.4 Å². The van der Waals surface area contributed by atoms with Crippen LogP contribution < -0.4 is 0 Å². The summed E-state index contributed by atoms with van der Waals surface area (Å²) in [5.74, 6) is -1.11. The van der Waals surface area contributed by atoms with E-state index in [9.17, 15) is 18.0 Å². The summed E-state index contributed by atoms with van der Waals surface area (Å²) in [6, 6.07) is 13.0. The molecule has 1 aliphatic heterocycles. The molecule has 9 heteroatoms. The summed E-state index contributed by atoms with van der Waals surface area (Å²) in [5.41, 5.74) is 1.31. The SMILES string of the molecule is O=C(OCC(=O)c1c[nH]c2ccccc12)c1cccc(S(=O)(=O)N2CCOCC2)c1. The van der Waals surface area contributed by atoms with Gasteiger partial charge in [-0.25, -0.2) is 13.2 Å². The molecule has 0 saturated carbocycles. The lowest BCUT2D eigenvalue weighted by molar-refractivity contribution is 0.0475. The van der Waals surface area contributed by atoms with Gasteiger partial charge in [0.15, 0.2) is 6.61 Å². The summed E-state index contributed by atoms with van der Waals surface area (Å²) in [6.45, 7) is 0.737. The maximum atomic E-state index is 12.8. The fourth-order valence-corrected chi connectivity index (χ4v) is 4.77. The number of ketones is 1. The van der Waals surface area contributed by atoms with Gasteiger partial charge < -0.3 is 14.5 Å². The van der Waals surface area contributed by atoms with Crippen LogP contribution in [0, 0.1) is 0 Å². The first-order chi connectivity index (χ1) is 14.5. The zero-order valence-electron chi connectivity index (χ0n) is 16.0. The molecule has 1 aromatic heterocycles. The molecule has 0 unspecified atom stereocenters. The minimum absolute atomic E-state index is 0.00167. The lowest BCUT2D eigenvalue weighted by Crippen LogP contribution is -2.40. The predicted molar refractivity (Wildman–Crippen MR) is 109 cm³/mol. The number of hydrogen-bond donors (Lipinski definition) is 1. The van der Waals surface area contributed by atoms with E-state index >= 15 is 0 Å². The van der Waals surface area contributed by atoms with Crippen molar-refractivity contribution in [3.63, 3.8) is 0 Å². The molecule has 0 radical (unpaired) electrons. The van der Waals surface area contributed by atoms with Crippen molar-refractivity contribution in [1.29, 1.82) is 0 Å². The Hall–Kier alpha value is -3.01. The van der Waals surface area contributed by atoms with E-state index in [-0.39, 0.29) is 29.3 Å². The molecule has 0 bridgehead atoms. The number of rotatable bonds is 6. The average molecular weight is 428 g/mol. The van der Waals surface area contributed by atoms with E-state index in [0.717, 1.165) is 10.9 Å². The van der Waals surface area contributed by atoms with Crippen LogP contribution in [0.15, 0.2) is 59.6 Å². The first kappa shape index (κ1) is 20.3. The molecule has 1 fully saturated rings. The maximum absolute atomic E-state index is 12.8. The van der Waals surface area contributed by atoms with Crippen molar-refractivity contribution in [2.75, 3.05) is 32.9 Å². The Morgan fingerprint density at radius 1 is 1.07 bits per heavy atom. The second-order valence-corrected chi connectivity index (χ2v) is 8.73. The van der Waals surface area contributed by atoms with Crippen molar-refractivity contribution in [1.82, 2.24) is 9.29 Å². The average Bonchev–Trinajstić information content (AvgIpc) is 3.22. The first-order valence-corrected chi connectivity index (χ1v) is 10.9. The van der Waals surface area contributed by atoms with E-state index < -0.39 is 22.6 Å². The monoisotopic (exact) mass is 428 g/mol. The number of morpholine rings is 1. The zero-order valence-corrected chi connectivity index (χ0v) is 16.9. The fourth-order valence-electron chi connectivity index (χ4n) is 3.31. The van der Waals surface area contributed by atoms with Crippen LogP contribution in [0.2, 0.25) is 0 Å². The number of hydrogen-bond acceptors (Lipinski definition) is 6. The van der Waals surface area contributed by atoms with Gasteiger partial charge in [-0.05, 0) is 24.3 Å². The lowest BCUT2D eigenvalue weighted by Gasteiger charge is -2.26. The summed E-state index contributed by atoms with van der Waals surface area (Å²) < 4.78 is 37.2. The molecule has 1 aliphatic rings. The van der Waals surface area contributed by atoms with Gasteiger partial charge in [-0.1, -0.05) is 24.3 Å². The topological polar surface area (TPSA) is 106 Å². The van der Waals surface area contributed by atoms with Gasteiger partial charge in [-0.15, -0.1) is 0 Å². The van der Waals surface area contributed by atoms with E-state index in [1.807, 2.05) is 18.2 Å². The first-order valence-electron chi connectivity index (χ1n) is 9.41. The van der Waals surface area contributed by atoms with Gasteiger partial charge in [0.25, 0.3) is 0 Å². The van der Waals surface area contributed by atoms with Crippen molar-refractivity contribution >= 4 is 32.7 Å². The second-order valence-electron chi connectivity index (χ2n) is 6.79. The molecule has 1 saturated heterocycles. The predicted octanol–water partition coefficient (Wildman–Crippen LogP) is 2.23. The number of carbonyl (C=O) groups is 2. The number of nitrogens with one attached hydrogen (secondary N) is 1. The van der Waals surface area contributed by atoms with Gasteiger partial charge in [-0.3, -0.25) is 4.79 Å². The van der Waals surface area contributed by atoms with Crippen LogP contribution in [0.4, 0.5) is 0 Å². The van der Waals surface area contributed by atoms with Crippen molar-refractivity contribution in [3.05, 3.63) is 65.9 Å². The molecule has 156 valence electrons. The van der Waals surface area contributed by atoms with E-state index in [0.29, 0.717) is 18.8 Å². The number of benzene rings is 2. The number of fused-ring (bicyclic) bond motifs is 1. The number of aromatic nitrogens is 1. The third-order valence-electron chi connectivity index (χ3n) is 4.90. The largest absolute Gasteiger partial charge is 0.454 e. The highest BCUT2D eigenvalue weighted by molar-refractivity contribution is 7.89. The van der Waals surface area contributed by atoms with Crippen molar-refractivity contribution < 1.29 is 27.5 Å². The van der Waals surface area contributed by atoms with Gasteiger partial charge >= 0.3 is 5.97 Å². The van der Waals surface area contributed by atoms with Crippen LogP contribution >= 0.6 is 0 Å². The Labute approximate surface area is 173 Å². The van der Waals surface area contributed by atoms with Crippen molar-refractivity contribution in [2.24, 2.45) is 0 Å². The summed E-state index contributed by atoms with van der Waals surface area (Å²) in [5, 5.41) is 0.747. The van der Waals surface area contributed by atoms with Crippen molar-refractivity contribution in [2.45, 2.75) is 4.90 Å². The molecule has 0 aliphatic carbocycles. The number of H-pyrrole nitrogens is 1. The summed E-state index contributed by atoms with van der Waals surface area (Å²) in [6.07, 6.45) is 1.58. The smallest absolute Gasteiger partial charge is 0.338 e. The number of esters is 1. The molecular formula is C21H20N2O6S. The Kier molecular flexibility index (Phi) is 5.67. The molecule has 4 rings (SSSR count). The molecule has 0 atom stereocenters. The highest BCUT2D eigenvalue weighted by Gasteiger charge is 2.27. The van der Waals surface area contributed by atoms with Crippen LogP contribution in [-0.2, 0) is 19.5 Å². The number of Topliss-reactive ketones (excluding diaryl/α,β-unsaturated/α-hetero) is 1. The Morgan fingerprint density at radius 3 is 2.63 bits per heavy atom. The highest BCUT2D eigenvalue weighted by atomic mass is 32.2. The molecule has 2 heterocycles. The number of nitrogens with zero attached hydrogens (tertiary/aromatic N) is 1. The lowest BCUT2D eigenvalue weighted by atomic mass is 10.1. The number of ether oxygens (including phenoxy) is 2. The summed E-state index contributed by atoms with van der Waals surface area (Å²) >= 11 is 0. The maximum Gasteiger partial charge on any atom is 0.338 e. The quantitative estimate of drug-likeness (QED) is 0.477. The van der Waals surface area contributed by atoms with Crippen LogP contribution in [0.1, 0.15) is 20.7 Å². The van der Waals surface area contributed by atoms with E-state index in [1.165, 1.54) is 28.6 Å². The molecule has 1 N–H and O–H groups in total. The fraction of sp³-hybridized carbons (Fsp3) is 0.238. The second kappa shape index (κ2) is 8.39. The molecule has 0 amide bonds. The normalized spacial score (nSPS) is 15.2. The molecule has 0 spiro atoms. The number of para-hydroxylation sites is 1. The molecule has 8 nitrogen and oxygen atoms in total. The van der Waals surface area contributed by atoms with Crippen molar-refractivity contribution in [3.8, 4) is 0 Å². The summed E-state index contributed by atoms with van der Waals surface area (Å²) in [7, 11) is -3.73. The number of aromatic amines is 1. The summed E-state index contributed by atoms with van der Waals surface area (Å²) in [4.78, 5) is 27.9. The van der Waals surface area contributed by atoms with Crippen LogP contribution in [0.3, 0.4) is 0 Å². The zero-order chi connectivity index (χ0) is 21.1. The minimum atomic E-state index is -3.73. The third kappa shape index (κ3) is 4.00. The Balaban J connectivity index is 1.46. The van der Waals surface area contributed by atoms with Crippen LogP contribution in [0.25, 0.3) is 10.9 Å². The standard InChI is InChI=1S/C21H20N2O6S/c24-20(18-13-22-19-7-2-1-6-17(18)19)14-29-21(25)15-4-3-5-16(12-15)30(26,27)23-8-10-28-11-9-23/h1-7,12-13,22H,8-11,14H2. The Morgan fingerprint density at radius 2 is 1.83 bits per heavy atom. The van der Waals surface area contributed by atoms with Gasteiger partial charge in [-0.2, -0.15) is 4.31 Å². The van der Waals surface area contributed by atoms with Gasteiger partial charge in [0.1, 0.15) is 0 Å². The molecule has 2 aromatic carbocycles.